The summed E-state index contributed by atoms with van der Waals surface area (Å²) in [6.45, 7) is 3.74. The van der Waals surface area contributed by atoms with E-state index in [-0.39, 0.29) is 6.61 Å². The van der Waals surface area contributed by atoms with Gasteiger partial charge in [0.2, 0.25) is 0 Å². The quantitative estimate of drug-likeness (QED) is 0.245. The molecule has 0 aliphatic carbocycles. The molecular formula is C30H29N3O4. The number of hydrazone groups is 1. The molecule has 2 N–H and O–H groups in total. The van der Waals surface area contributed by atoms with Crippen LogP contribution in [0.3, 0.4) is 0 Å². The molecule has 4 rings (SSSR count). The van der Waals surface area contributed by atoms with E-state index in [2.05, 4.69) is 15.8 Å². The van der Waals surface area contributed by atoms with Crippen LogP contribution >= 0.6 is 0 Å². The van der Waals surface area contributed by atoms with Gasteiger partial charge in [-0.3, -0.25) is 9.59 Å². The second-order valence-corrected chi connectivity index (χ2v) is 8.60. The SMILES string of the molecule is Cc1cccc(OCC(=O)N[C@H](C)C(=O)NN=Cc2c(OCc3ccccc3)ccc3ccccc23)c1. The third-order valence-corrected chi connectivity index (χ3v) is 5.67. The summed E-state index contributed by atoms with van der Waals surface area (Å²) in [6.07, 6.45) is 1.57. The second kappa shape index (κ2) is 12.4. The van der Waals surface area contributed by atoms with Gasteiger partial charge in [0, 0.05) is 5.56 Å². The average molecular weight is 496 g/mol. The van der Waals surface area contributed by atoms with E-state index < -0.39 is 17.9 Å². The lowest BCUT2D eigenvalue weighted by Crippen LogP contribution is -2.45. The smallest absolute Gasteiger partial charge is 0.262 e. The molecule has 0 aromatic heterocycles. The Morgan fingerprint density at radius 2 is 1.70 bits per heavy atom. The van der Waals surface area contributed by atoms with Crippen molar-refractivity contribution in [2.75, 3.05) is 6.61 Å². The summed E-state index contributed by atoms with van der Waals surface area (Å²) in [5.74, 6) is 0.387. The predicted octanol–water partition coefficient (Wildman–Crippen LogP) is 4.76. The van der Waals surface area contributed by atoms with Crippen molar-refractivity contribution in [3.63, 3.8) is 0 Å². The number of nitrogens with zero attached hydrogens (tertiary/aromatic N) is 1. The maximum Gasteiger partial charge on any atom is 0.262 e. The highest BCUT2D eigenvalue weighted by Gasteiger charge is 2.16. The molecule has 2 amide bonds. The van der Waals surface area contributed by atoms with Crippen molar-refractivity contribution in [2.45, 2.75) is 26.5 Å². The Balaban J connectivity index is 1.37. The normalized spacial score (nSPS) is 11.7. The second-order valence-electron chi connectivity index (χ2n) is 8.60. The highest BCUT2D eigenvalue weighted by Crippen LogP contribution is 2.27. The van der Waals surface area contributed by atoms with Gasteiger partial charge in [0.15, 0.2) is 6.61 Å². The van der Waals surface area contributed by atoms with E-state index in [0.29, 0.717) is 18.1 Å². The van der Waals surface area contributed by atoms with Crippen molar-refractivity contribution >= 4 is 28.8 Å². The molecule has 0 bridgehead atoms. The summed E-state index contributed by atoms with van der Waals surface area (Å²) < 4.78 is 11.6. The van der Waals surface area contributed by atoms with Crippen molar-refractivity contribution in [3.8, 4) is 11.5 Å². The zero-order chi connectivity index (χ0) is 26.0. The summed E-state index contributed by atoms with van der Waals surface area (Å²) in [4.78, 5) is 24.8. The molecule has 188 valence electrons. The molecule has 4 aromatic carbocycles. The van der Waals surface area contributed by atoms with E-state index in [4.69, 9.17) is 9.47 Å². The summed E-state index contributed by atoms with van der Waals surface area (Å²) in [6, 6.07) is 28.2. The summed E-state index contributed by atoms with van der Waals surface area (Å²) in [5.41, 5.74) is 5.33. The van der Waals surface area contributed by atoms with Crippen LogP contribution in [0.2, 0.25) is 0 Å². The number of aryl methyl sites for hydroxylation is 1. The Morgan fingerprint density at radius 1 is 0.919 bits per heavy atom. The third kappa shape index (κ3) is 7.18. The van der Waals surface area contributed by atoms with Gasteiger partial charge in [0.1, 0.15) is 24.1 Å². The van der Waals surface area contributed by atoms with E-state index in [0.717, 1.165) is 27.5 Å². The van der Waals surface area contributed by atoms with Crippen LogP contribution in [-0.4, -0.2) is 30.7 Å². The average Bonchev–Trinajstić information content (AvgIpc) is 2.91. The molecule has 0 heterocycles. The van der Waals surface area contributed by atoms with Crippen molar-refractivity contribution in [2.24, 2.45) is 5.10 Å². The van der Waals surface area contributed by atoms with Crippen molar-refractivity contribution in [1.29, 1.82) is 0 Å². The number of amides is 2. The first kappa shape index (κ1) is 25.4. The fourth-order valence-corrected chi connectivity index (χ4v) is 3.73. The minimum Gasteiger partial charge on any atom is -0.488 e. The summed E-state index contributed by atoms with van der Waals surface area (Å²) >= 11 is 0. The third-order valence-electron chi connectivity index (χ3n) is 5.67. The van der Waals surface area contributed by atoms with Crippen LogP contribution in [0.5, 0.6) is 11.5 Å². The standard InChI is InChI=1S/C30H29N3O4/c1-21-9-8-13-25(17-21)36-20-29(34)32-22(2)30(35)33-31-18-27-26-14-7-6-12-24(26)15-16-28(27)37-19-23-10-4-3-5-11-23/h3-18,22H,19-20H2,1-2H3,(H,32,34)(H,33,35)/t22-/m1/s1. The van der Waals surface area contributed by atoms with E-state index in [1.54, 1.807) is 19.2 Å². The van der Waals surface area contributed by atoms with Crippen molar-refractivity contribution in [1.82, 2.24) is 10.7 Å². The van der Waals surface area contributed by atoms with Crippen molar-refractivity contribution in [3.05, 3.63) is 108 Å². The number of ether oxygens (including phenoxy) is 2. The first-order valence-electron chi connectivity index (χ1n) is 12.0. The summed E-state index contributed by atoms with van der Waals surface area (Å²) in [7, 11) is 0. The Morgan fingerprint density at radius 3 is 2.51 bits per heavy atom. The molecule has 1 atom stereocenters. The predicted molar refractivity (Wildman–Crippen MR) is 145 cm³/mol. The molecule has 0 fully saturated rings. The van der Waals surface area contributed by atoms with E-state index >= 15 is 0 Å². The number of benzene rings is 4. The Kier molecular flexibility index (Phi) is 8.49. The molecule has 0 saturated carbocycles. The van der Waals surface area contributed by atoms with Gasteiger partial charge in [-0.05, 0) is 53.9 Å². The molecule has 0 unspecified atom stereocenters. The van der Waals surface area contributed by atoms with Gasteiger partial charge in [-0.1, -0.05) is 72.8 Å². The zero-order valence-electron chi connectivity index (χ0n) is 20.8. The number of hydrogen-bond donors (Lipinski definition) is 2. The summed E-state index contributed by atoms with van der Waals surface area (Å²) in [5, 5.41) is 8.74. The van der Waals surface area contributed by atoms with Crippen molar-refractivity contribution < 1.29 is 19.1 Å². The lowest BCUT2D eigenvalue weighted by atomic mass is 10.0. The molecule has 0 aliphatic heterocycles. The zero-order valence-corrected chi connectivity index (χ0v) is 20.8. The fourth-order valence-electron chi connectivity index (χ4n) is 3.73. The van der Waals surface area contributed by atoms with Crippen LogP contribution in [0.1, 0.15) is 23.6 Å². The first-order chi connectivity index (χ1) is 18.0. The Labute approximate surface area is 216 Å². The van der Waals surface area contributed by atoms with Gasteiger partial charge in [-0.15, -0.1) is 0 Å². The molecule has 4 aromatic rings. The van der Waals surface area contributed by atoms with Gasteiger partial charge in [-0.2, -0.15) is 5.10 Å². The molecule has 37 heavy (non-hydrogen) atoms. The van der Waals surface area contributed by atoms with Gasteiger partial charge >= 0.3 is 0 Å². The first-order valence-corrected chi connectivity index (χ1v) is 12.0. The van der Waals surface area contributed by atoms with E-state index in [1.165, 1.54) is 0 Å². The number of rotatable bonds is 10. The Hall–Kier alpha value is -4.65. The van der Waals surface area contributed by atoms with Gasteiger partial charge in [0.05, 0.1) is 6.21 Å². The minimum atomic E-state index is -0.799. The van der Waals surface area contributed by atoms with Gasteiger partial charge < -0.3 is 14.8 Å². The van der Waals surface area contributed by atoms with Crippen LogP contribution in [0.25, 0.3) is 10.8 Å². The maximum absolute atomic E-state index is 12.5. The van der Waals surface area contributed by atoms with Crippen LogP contribution in [-0.2, 0) is 16.2 Å². The lowest BCUT2D eigenvalue weighted by Gasteiger charge is -2.14. The Bertz CT molecular complexity index is 1400. The van der Waals surface area contributed by atoms with Gasteiger partial charge in [0.25, 0.3) is 11.8 Å². The number of hydrogen-bond acceptors (Lipinski definition) is 5. The monoisotopic (exact) mass is 495 g/mol. The van der Waals surface area contributed by atoms with E-state index in [1.807, 2.05) is 91.9 Å². The highest BCUT2D eigenvalue weighted by atomic mass is 16.5. The highest BCUT2D eigenvalue weighted by molar-refractivity contribution is 6.02. The number of nitrogens with one attached hydrogen (secondary N) is 2. The molecule has 0 spiro atoms. The molecule has 0 radical (unpaired) electrons. The fraction of sp³-hybridized carbons (Fsp3) is 0.167. The maximum atomic E-state index is 12.5. The topological polar surface area (TPSA) is 89.0 Å². The number of carbonyl (C=O) groups is 2. The van der Waals surface area contributed by atoms with Crippen LogP contribution in [0, 0.1) is 6.92 Å². The molecule has 0 aliphatic rings. The van der Waals surface area contributed by atoms with Crippen LogP contribution < -0.4 is 20.2 Å². The van der Waals surface area contributed by atoms with Gasteiger partial charge in [-0.25, -0.2) is 5.43 Å². The lowest BCUT2D eigenvalue weighted by molar-refractivity contribution is -0.129. The molecule has 7 heteroatoms. The molecule has 0 saturated heterocycles. The molecule has 7 nitrogen and oxygen atoms in total. The number of fused-ring (bicyclic) bond motifs is 1. The molecular weight excluding hydrogens is 466 g/mol. The van der Waals surface area contributed by atoms with E-state index in [9.17, 15) is 9.59 Å². The van der Waals surface area contributed by atoms with Crippen LogP contribution in [0.15, 0.2) is 96.1 Å². The van der Waals surface area contributed by atoms with Crippen LogP contribution in [0.4, 0.5) is 0 Å². The number of carbonyl (C=O) groups excluding carboxylic acids is 2. The largest absolute Gasteiger partial charge is 0.488 e. The minimum absolute atomic E-state index is 0.192.